The van der Waals surface area contributed by atoms with Crippen LogP contribution in [-0.2, 0) is 16.0 Å². The van der Waals surface area contributed by atoms with E-state index in [4.69, 9.17) is 4.74 Å². The molecule has 0 aliphatic heterocycles. The third-order valence-corrected chi connectivity index (χ3v) is 4.97. The van der Waals surface area contributed by atoms with Crippen LogP contribution in [0, 0.1) is 5.92 Å². The first-order chi connectivity index (χ1) is 9.03. The molecule has 0 fully saturated rings. The Bertz CT molecular complexity index is 403. The van der Waals surface area contributed by atoms with Gasteiger partial charge in [0.05, 0.1) is 7.11 Å². The number of hydrogen-bond acceptors (Lipinski definition) is 4. The monoisotopic (exact) mass is 283 g/mol. The van der Waals surface area contributed by atoms with Gasteiger partial charge in [-0.25, -0.2) is 0 Å². The molecule has 1 aromatic heterocycles. The lowest BCUT2D eigenvalue weighted by Crippen LogP contribution is -2.43. The number of rotatable bonds is 7. The number of carbonyl (C=O) groups is 1. The van der Waals surface area contributed by atoms with E-state index in [0.717, 1.165) is 12.8 Å². The van der Waals surface area contributed by atoms with Crippen LogP contribution in [0.25, 0.3) is 0 Å². The lowest BCUT2D eigenvalue weighted by molar-refractivity contribution is -0.144. The Kier molecular flexibility index (Phi) is 6.52. The van der Waals surface area contributed by atoms with E-state index in [1.54, 1.807) is 11.3 Å². The lowest BCUT2D eigenvalue weighted by Gasteiger charge is -2.25. The van der Waals surface area contributed by atoms with E-state index in [1.165, 1.54) is 16.9 Å². The molecule has 19 heavy (non-hydrogen) atoms. The summed E-state index contributed by atoms with van der Waals surface area (Å²) in [7, 11) is 1.45. The van der Waals surface area contributed by atoms with Crippen LogP contribution in [0.15, 0.2) is 12.1 Å². The molecule has 1 heterocycles. The van der Waals surface area contributed by atoms with Crippen molar-refractivity contribution >= 4 is 17.3 Å². The highest BCUT2D eigenvalue weighted by molar-refractivity contribution is 7.12. The first-order valence-electron chi connectivity index (χ1n) is 6.95. The van der Waals surface area contributed by atoms with Gasteiger partial charge >= 0.3 is 5.97 Å². The molecule has 0 amide bonds. The molecular weight excluding hydrogens is 258 g/mol. The minimum atomic E-state index is -0.239. The summed E-state index contributed by atoms with van der Waals surface area (Å²) < 4.78 is 4.90. The van der Waals surface area contributed by atoms with Crippen molar-refractivity contribution in [2.24, 2.45) is 5.92 Å². The second kappa shape index (κ2) is 7.65. The molecule has 0 spiro atoms. The summed E-state index contributed by atoms with van der Waals surface area (Å²) in [6, 6.07) is 4.24. The Hall–Kier alpha value is -0.870. The molecule has 0 aromatic carbocycles. The summed E-state index contributed by atoms with van der Waals surface area (Å²) in [6.07, 6.45) is 2.01. The molecular formula is C15H25NO2S. The minimum Gasteiger partial charge on any atom is -0.468 e. The Morgan fingerprint density at radius 2 is 2.05 bits per heavy atom. The molecule has 3 unspecified atom stereocenters. The number of nitrogens with one attached hydrogen (secondary N) is 1. The first kappa shape index (κ1) is 16.2. The third-order valence-electron chi connectivity index (χ3n) is 3.56. The number of aryl methyl sites for hydroxylation is 1. The van der Waals surface area contributed by atoms with Gasteiger partial charge in [0.1, 0.15) is 6.04 Å². The van der Waals surface area contributed by atoms with Gasteiger partial charge in [-0.15, -0.1) is 11.3 Å². The molecule has 0 saturated heterocycles. The maximum Gasteiger partial charge on any atom is 0.323 e. The molecule has 0 bridgehead atoms. The van der Waals surface area contributed by atoms with Gasteiger partial charge in [0.25, 0.3) is 0 Å². The van der Waals surface area contributed by atoms with Gasteiger partial charge in [-0.1, -0.05) is 27.2 Å². The van der Waals surface area contributed by atoms with E-state index in [2.05, 4.69) is 45.1 Å². The Morgan fingerprint density at radius 3 is 2.53 bits per heavy atom. The Balaban J connectivity index is 2.75. The zero-order chi connectivity index (χ0) is 14.4. The second-order valence-corrected chi connectivity index (χ2v) is 6.13. The standard InChI is InChI=1S/C15H25NO2S/c1-6-10(3)14(15(17)18-5)16-11(4)13-9-8-12(7-2)19-13/h8-11,14,16H,6-7H2,1-5H3. The van der Waals surface area contributed by atoms with Crippen LogP contribution in [0.1, 0.15) is 49.9 Å². The number of carbonyl (C=O) groups excluding carboxylic acids is 1. The average Bonchev–Trinajstić information content (AvgIpc) is 2.91. The fourth-order valence-electron chi connectivity index (χ4n) is 2.00. The molecule has 1 aromatic rings. The van der Waals surface area contributed by atoms with Crippen LogP contribution in [0.2, 0.25) is 0 Å². The quantitative estimate of drug-likeness (QED) is 0.778. The van der Waals surface area contributed by atoms with E-state index in [-0.39, 0.29) is 24.0 Å². The van der Waals surface area contributed by atoms with E-state index in [0.29, 0.717) is 0 Å². The van der Waals surface area contributed by atoms with Crippen LogP contribution >= 0.6 is 11.3 Å². The molecule has 0 aliphatic carbocycles. The molecule has 3 nitrogen and oxygen atoms in total. The fraction of sp³-hybridized carbons (Fsp3) is 0.667. The molecule has 3 atom stereocenters. The summed E-state index contributed by atoms with van der Waals surface area (Å²) >= 11 is 1.81. The minimum absolute atomic E-state index is 0.170. The van der Waals surface area contributed by atoms with Crippen molar-refractivity contribution in [3.8, 4) is 0 Å². The average molecular weight is 283 g/mol. The molecule has 108 valence electrons. The van der Waals surface area contributed by atoms with Gasteiger partial charge in [-0.2, -0.15) is 0 Å². The molecule has 4 heteroatoms. The maximum atomic E-state index is 11.9. The van der Waals surface area contributed by atoms with E-state index in [9.17, 15) is 4.79 Å². The molecule has 1 N–H and O–H groups in total. The highest BCUT2D eigenvalue weighted by Gasteiger charge is 2.26. The van der Waals surface area contributed by atoms with Crippen molar-refractivity contribution in [2.45, 2.75) is 52.6 Å². The molecule has 0 radical (unpaired) electrons. The predicted octanol–water partition coefficient (Wildman–Crippen LogP) is 3.55. The predicted molar refractivity (Wildman–Crippen MR) is 80.5 cm³/mol. The first-order valence-corrected chi connectivity index (χ1v) is 7.77. The molecule has 0 aliphatic rings. The van der Waals surface area contributed by atoms with E-state index >= 15 is 0 Å². The zero-order valence-electron chi connectivity index (χ0n) is 12.5. The summed E-state index contributed by atoms with van der Waals surface area (Å²) in [4.78, 5) is 14.5. The normalized spacial score (nSPS) is 15.8. The summed E-state index contributed by atoms with van der Waals surface area (Å²) in [5.41, 5.74) is 0. The van der Waals surface area contributed by atoms with Crippen molar-refractivity contribution < 1.29 is 9.53 Å². The fourth-order valence-corrected chi connectivity index (χ4v) is 2.96. The van der Waals surface area contributed by atoms with E-state index < -0.39 is 0 Å². The van der Waals surface area contributed by atoms with Crippen LogP contribution in [0.5, 0.6) is 0 Å². The number of methoxy groups -OCH3 is 1. The van der Waals surface area contributed by atoms with E-state index in [1.807, 2.05) is 0 Å². The van der Waals surface area contributed by atoms with Crippen molar-refractivity contribution in [3.05, 3.63) is 21.9 Å². The van der Waals surface area contributed by atoms with Gasteiger partial charge in [-0.05, 0) is 31.4 Å². The zero-order valence-corrected chi connectivity index (χ0v) is 13.3. The number of thiophene rings is 1. The number of hydrogen-bond donors (Lipinski definition) is 1. The highest BCUT2D eigenvalue weighted by atomic mass is 32.1. The van der Waals surface area contributed by atoms with Crippen molar-refractivity contribution in [2.75, 3.05) is 7.11 Å². The summed E-state index contributed by atoms with van der Waals surface area (Å²) in [5.74, 6) is 0.0916. The second-order valence-electron chi connectivity index (χ2n) is 4.93. The molecule has 1 rings (SSSR count). The van der Waals surface area contributed by atoms with Crippen molar-refractivity contribution in [3.63, 3.8) is 0 Å². The van der Waals surface area contributed by atoms with Gasteiger partial charge in [0.15, 0.2) is 0 Å². The summed E-state index contributed by atoms with van der Waals surface area (Å²) in [5, 5.41) is 3.41. The topological polar surface area (TPSA) is 38.3 Å². The maximum absolute atomic E-state index is 11.9. The van der Waals surface area contributed by atoms with Gasteiger partial charge in [-0.3, -0.25) is 10.1 Å². The van der Waals surface area contributed by atoms with Crippen LogP contribution in [-0.4, -0.2) is 19.1 Å². The SMILES string of the molecule is CCc1ccc(C(C)NC(C(=O)OC)C(C)CC)s1. The number of esters is 1. The van der Waals surface area contributed by atoms with Crippen LogP contribution in [0.4, 0.5) is 0 Å². The smallest absolute Gasteiger partial charge is 0.323 e. The Morgan fingerprint density at radius 1 is 1.37 bits per heavy atom. The largest absolute Gasteiger partial charge is 0.468 e. The van der Waals surface area contributed by atoms with Crippen LogP contribution in [0.3, 0.4) is 0 Å². The van der Waals surface area contributed by atoms with Crippen molar-refractivity contribution in [1.82, 2.24) is 5.32 Å². The highest BCUT2D eigenvalue weighted by Crippen LogP contribution is 2.25. The molecule has 0 saturated carbocycles. The van der Waals surface area contributed by atoms with Gasteiger partial charge < -0.3 is 4.74 Å². The van der Waals surface area contributed by atoms with Crippen LogP contribution < -0.4 is 5.32 Å². The third kappa shape index (κ3) is 4.32. The number of ether oxygens (including phenoxy) is 1. The van der Waals surface area contributed by atoms with Gasteiger partial charge in [0.2, 0.25) is 0 Å². The lowest BCUT2D eigenvalue weighted by atomic mass is 9.98. The van der Waals surface area contributed by atoms with Gasteiger partial charge in [0, 0.05) is 15.8 Å². The van der Waals surface area contributed by atoms with Crippen molar-refractivity contribution in [1.29, 1.82) is 0 Å². The Labute approximate surface area is 120 Å². The summed E-state index contributed by atoms with van der Waals surface area (Å²) in [6.45, 7) is 8.42.